The van der Waals surface area contributed by atoms with Gasteiger partial charge in [-0.3, -0.25) is 0 Å². The molecular weight excluding hydrogens is 297 g/mol. The molecule has 0 N–H and O–H groups in total. The van der Waals surface area contributed by atoms with Gasteiger partial charge in [0.05, 0.1) is 6.20 Å². The van der Waals surface area contributed by atoms with Crippen LogP contribution in [0.4, 0.5) is 17.3 Å². The molecule has 2 aromatic heterocycles. The van der Waals surface area contributed by atoms with Gasteiger partial charge in [0.1, 0.15) is 18.1 Å². The van der Waals surface area contributed by atoms with E-state index in [1.807, 2.05) is 59.7 Å². The van der Waals surface area contributed by atoms with E-state index in [9.17, 15) is 17.3 Å². The lowest BCUT2D eigenvalue weighted by Gasteiger charge is -1.95. The van der Waals surface area contributed by atoms with Gasteiger partial charge in [-0.15, -0.1) is 4.98 Å². The zero-order valence-electron chi connectivity index (χ0n) is 11.4. The van der Waals surface area contributed by atoms with Crippen LogP contribution in [0.1, 0.15) is 0 Å². The summed E-state index contributed by atoms with van der Waals surface area (Å²) in [4.78, 5) is 4.31. The molecule has 0 spiro atoms. The lowest BCUT2D eigenvalue weighted by Crippen LogP contribution is -2.28. The number of rotatable bonds is 2. The minimum Gasteiger partial charge on any atom is -0.418 e. The number of para-hydroxylation sites is 1. The highest BCUT2D eigenvalue weighted by atomic mass is 19.5. The van der Waals surface area contributed by atoms with E-state index in [1.54, 1.807) is 6.20 Å². The predicted octanol–water partition coefficient (Wildman–Crippen LogP) is 3.45. The number of hydrogen-bond acceptors (Lipinski definition) is 1. The number of imidazole rings is 1. The number of benzene rings is 1. The van der Waals surface area contributed by atoms with Gasteiger partial charge in [-0.2, -0.15) is 0 Å². The Kier molecular flexibility index (Phi) is 4.93. The second-order valence-corrected chi connectivity index (χ2v) is 4.25. The van der Waals surface area contributed by atoms with Crippen molar-refractivity contribution in [2.24, 2.45) is 0 Å². The number of nitrogens with zero attached hydrogens (tertiary/aromatic N) is 3. The fraction of sp³-hybridized carbons (Fsp3) is 0. The zero-order valence-corrected chi connectivity index (χ0v) is 11.4. The number of pyridine rings is 1. The van der Waals surface area contributed by atoms with Gasteiger partial charge in [-0.1, -0.05) is 24.3 Å². The van der Waals surface area contributed by atoms with Crippen LogP contribution in [-0.2, 0) is 0 Å². The highest BCUT2D eigenvalue weighted by molar-refractivity contribution is 6.50. The van der Waals surface area contributed by atoms with E-state index in [0.29, 0.717) is 0 Å². The fourth-order valence-corrected chi connectivity index (χ4v) is 1.75. The Morgan fingerprint density at radius 2 is 1.55 bits per heavy atom. The molecule has 3 rings (SSSR count). The molecule has 0 amide bonds. The summed E-state index contributed by atoms with van der Waals surface area (Å²) in [6.07, 6.45) is 7.82. The fourth-order valence-electron chi connectivity index (χ4n) is 1.75. The van der Waals surface area contributed by atoms with Gasteiger partial charge < -0.3 is 17.3 Å². The minimum atomic E-state index is -6.00. The SMILES string of the molecule is F[B-](F)(F)F.c1ccc(-n2cc[n+](-c3ccccn3)c2)cc1. The molecule has 0 aliphatic heterocycles. The maximum atomic E-state index is 9.75. The van der Waals surface area contributed by atoms with Crippen LogP contribution >= 0.6 is 0 Å². The molecule has 0 atom stereocenters. The molecule has 0 aliphatic carbocycles. The number of hydrogen-bond donors (Lipinski definition) is 0. The van der Waals surface area contributed by atoms with E-state index in [1.165, 1.54) is 0 Å². The van der Waals surface area contributed by atoms with Crippen LogP contribution in [0, 0.1) is 0 Å². The average Bonchev–Trinajstić information content (AvgIpc) is 2.97. The van der Waals surface area contributed by atoms with E-state index < -0.39 is 7.25 Å². The standard InChI is InChI=1S/C14H12N3.BF4/c1-2-6-13(7-3-1)16-10-11-17(12-16)14-8-4-5-9-15-14;2-1(3,4)5/h1-12H;/q+1;-1. The van der Waals surface area contributed by atoms with Crippen LogP contribution in [0.25, 0.3) is 11.5 Å². The largest absolute Gasteiger partial charge is 0.673 e. The van der Waals surface area contributed by atoms with Crippen molar-refractivity contribution in [1.29, 1.82) is 0 Å². The molecule has 0 bridgehead atoms. The van der Waals surface area contributed by atoms with Gasteiger partial charge in [0, 0.05) is 6.07 Å². The van der Waals surface area contributed by atoms with E-state index in [2.05, 4.69) is 21.7 Å². The summed E-state index contributed by atoms with van der Waals surface area (Å²) in [6.45, 7) is 0. The lowest BCUT2D eigenvalue weighted by atomic mass is 10.3. The van der Waals surface area contributed by atoms with Crippen molar-refractivity contribution in [2.75, 3.05) is 0 Å². The Balaban J connectivity index is 0.000000309. The number of aromatic nitrogens is 3. The topological polar surface area (TPSA) is 21.7 Å². The normalized spacial score (nSPS) is 10.7. The summed E-state index contributed by atoms with van der Waals surface area (Å²) in [7, 11) is -6.00. The zero-order chi connectivity index (χ0) is 16.0. The van der Waals surface area contributed by atoms with Crippen LogP contribution in [-0.4, -0.2) is 16.8 Å². The maximum Gasteiger partial charge on any atom is 0.673 e. The number of halogens is 4. The van der Waals surface area contributed by atoms with Crippen LogP contribution in [0.15, 0.2) is 73.4 Å². The van der Waals surface area contributed by atoms with E-state index in [-0.39, 0.29) is 0 Å². The molecular formula is C14H12BF4N3. The molecule has 2 heterocycles. The van der Waals surface area contributed by atoms with E-state index >= 15 is 0 Å². The molecule has 3 nitrogen and oxygen atoms in total. The highest BCUT2D eigenvalue weighted by Gasteiger charge is 2.20. The molecule has 0 radical (unpaired) electrons. The summed E-state index contributed by atoms with van der Waals surface area (Å²) < 4.78 is 43.1. The van der Waals surface area contributed by atoms with Gasteiger partial charge in [-0.05, 0) is 18.2 Å². The van der Waals surface area contributed by atoms with Crippen LogP contribution < -0.4 is 4.57 Å². The molecule has 3 aromatic rings. The second-order valence-electron chi connectivity index (χ2n) is 4.25. The monoisotopic (exact) mass is 309 g/mol. The first kappa shape index (κ1) is 15.7. The van der Waals surface area contributed by atoms with Crippen molar-refractivity contribution < 1.29 is 21.8 Å². The van der Waals surface area contributed by atoms with Crippen molar-refractivity contribution in [3.05, 3.63) is 73.4 Å². The van der Waals surface area contributed by atoms with Gasteiger partial charge in [0.2, 0.25) is 0 Å². The molecule has 22 heavy (non-hydrogen) atoms. The summed E-state index contributed by atoms with van der Waals surface area (Å²) in [6, 6.07) is 16.1. The van der Waals surface area contributed by atoms with E-state index in [0.717, 1.165) is 11.5 Å². The average molecular weight is 309 g/mol. The quantitative estimate of drug-likeness (QED) is 0.404. The third kappa shape index (κ3) is 5.04. The third-order valence-corrected chi connectivity index (χ3v) is 2.60. The Bertz CT molecular complexity index is 639. The first-order valence-corrected chi connectivity index (χ1v) is 6.37. The first-order chi connectivity index (χ1) is 10.4. The van der Waals surface area contributed by atoms with Crippen LogP contribution in [0.5, 0.6) is 0 Å². The van der Waals surface area contributed by atoms with Gasteiger partial charge >= 0.3 is 7.25 Å². The summed E-state index contributed by atoms with van der Waals surface area (Å²) in [5.41, 5.74) is 1.14. The summed E-state index contributed by atoms with van der Waals surface area (Å²) in [5.74, 6) is 0.919. The molecule has 0 saturated carbocycles. The molecule has 114 valence electrons. The Hall–Kier alpha value is -2.64. The van der Waals surface area contributed by atoms with Crippen molar-refractivity contribution >= 4 is 7.25 Å². The Morgan fingerprint density at radius 1 is 0.909 bits per heavy atom. The first-order valence-electron chi connectivity index (χ1n) is 6.37. The summed E-state index contributed by atoms with van der Waals surface area (Å²) >= 11 is 0. The second kappa shape index (κ2) is 6.88. The molecule has 8 heteroatoms. The lowest BCUT2D eigenvalue weighted by molar-refractivity contribution is -0.598. The third-order valence-electron chi connectivity index (χ3n) is 2.60. The van der Waals surface area contributed by atoms with Gasteiger partial charge in [-0.25, -0.2) is 9.13 Å². The Labute approximate surface area is 124 Å². The van der Waals surface area contributed by atoms with Gasteiger partial charge in [0.15, 0.2) is 6.33 Å². The predicted molar refractivity (Wildman–Crippen MR) is 75.3 cm³/mol. The molecule has 0 fully saturated rings. The van der Waals surface area contributed by atoms with Crippen LogP contribution in [0.3, 0.4) is 0 Å². The minimum absolute atomic E-state index is 0.919. The van der Waals surface area contributed by atoms with Crippen molar-refractivity contribution in [3.8, 4) is 11.5 Å². The van der Waals surface area contributed by atoms with Crippen molar-refractivity contribution in [3.63, 3.8) is 0 Å². The molecule has 0 aliphatic rings. The van der Waals surface area contributed by atoms with Crippen LogP contribution in [0.2, 0.25) is 0 Å². The highest BCUT2D eigenvalue weighted by Crippen LogP contribution is 2.07. The van der Waals surface area contributed by atoms with Gasteiger partial charge in [0.25, 0.3) is 5.82 Å². The molecule has 0 unspecified atom stereocenters. The van der Waals surface area contributed by atoms with E-state index in [4.69, 9.17) is 0 Å². The Morgan fingerprint density at radius 3 is 2.14 bits per heavy atom. The smallest absolute Gasteiger partial charge is 0.418 e. The van der Waals surface area contributed by atoms with Crippen molar-refractivity contribution in [1.82, 2.24) is 9.55 Å². The molecule has 1 aromatic carbocycles. The summed E-state index contributed by atoms with van der Waals surface area (Å²) in [5, 5.41) is 0. The maximum absolute atomic E-state index is 9.75. The van der Waals surface area contributed by atoms with Crippen molar-refractivity contribution in [2.45, 2.75) is 0 Å². The molecule has 0 saturated heterocycles.